The van der Waals surface area contributed by atoms with Gasteiger partial charge in [0.25, 0.3) is 0 Å². The van der Waals surface area contributed by atoms with Crippen molar-refractivity contribution in [1.29, 1.82) is 0 Å². The van der Waals surface area contributed by atoms with Crippen LogP contribution in [0.25, 0.3) is 0 Å². The maximum Gasteiger partial charge on any atom is 0.314 e. The average Bonchev–Trinajstić information content (AvgIpc) is 2.35. The van der Waals surface area contributed by atoms with Crippen molar-refractivity contribution >= 4 is 5.97 Å². The van der Waals surface area contributed by atoms with Gasteiger partial charge in [0.1, 0.15) is 0 Å². The number of unbranched alkanes of at least 4 members (excludes halogenated alkanes) is 1. The Bertz CT molecular complexity index is 392. The summed E-state index contributed by atoms with van der Waals surface area (Å²) in [7, 11) is 0. The molecule has 1 atom stereocenters. The van der Waals surface area contributed by atoms with Gasteiger partial charge >= 0.3 is 5.97 Å². The van der Waals surface area contributed by atoms with Gasteiger partial charge in [-0.05, 0) is 36.8 Å². The second kappa shape index (κ2) is 6.03. The lowest BCUT2D eigenvalue weighted by atomic mass is 9.73. The minimum Gasteiger partial charge on any atom is -0.481 e. The molecule has 0 aromatic heterocycles. The molecule has 0 spiro atoms. The first kappa shape index (κ1) is 14.7. The number of hydrogen-bond acceptors (Lipinski definition) is 1. The maximum atomic E-state index is 11.5. The Morgan fingerprint density at radius 2 is 1.83 bits per heavy atom. The SMILES string of the molecule is CCCCc1ccc(C(C)(C(=O)O)C(C)C)cc1. The number of aliphatic carboxylic acids is 1. The Hall–Kier alpha value is -1.31. The first-order valence-corrected chi connectivity index (χ1v) is 6.75. The second-order valence-electron chi connectivity index (χ2n) is 5.46. The van der Waals surface area contributed by atoms with E-state index in [9.17, 15) is 9.90 Å². The van der Waals surface area contributed by atoms with E-state index in [-0.39, 0.29) is 5.92 Å². The second-order valence-corrected chi connectivity index (χ2v) is 5.46. The van der Waals surface area contributed by atoms with Crippen LogP contribution in [0.2, 0.25) is 0 Å². The van der Waals surface area contributed by atoms with Crippen LogP contribution >= 0.6 is 0 Å². The summed E-state index contributed by atoms with van der Waals surface area (Å²) < 4.78 is 0. The highest BCUT2D eigenvalue weighted by Crippen LogP contribution is 2.32. The quantitative estimate of drug-likeness (QED) is 0.825. The zero-order chi connectivity index (χ0) is 13.8. The molecular formula is C16H24O2. The highest BCUT2D eigenvalue weighted by atomic mass is 16.4. The predicted octanol–water partition coefficient (Wildman–Crippen LogP) is 4.03. The monoisotopic (exact) mass is 248 g/mol. The van der Waals surface area contributed by atoms with Crippen molar-refractivity contribution in [3.8, 4) is 0 Å². The van der Waals surface area contributed by atoms with Crippen molar-refractivity contribution in [1.82, 2.24) is 0 Å². The van der Waals surface area contributed by atoms with Crippen molar-refractivity contribution in [3.05, 3.63) is 35.4 Å². The van der Waals surface area contributed by atoms with Gasteiger partial charge in [-0.2, -0.15) is 0 Å². The van der Waals surface area contributed by atoms with Gasteiger partial charge in [0.2, 0.25) is 0 Å². The van der Waals surface area contributed by atoms with Crippen LogP contribution in [0.15, 0.2) is 24.3 Å². The van der Waals surface area contributed by atoms with Gasteiger partial charge < -0.3 is 5.11 Å². The van der Waals surface area contributed by atoms with Gasteiger partial charge in [0.15, 0.2) is 0 Å². The van der Waals surface area contributed by atoms with Crippen molar-refractivity contribution in [3.63, 3.8) is 0 Å². The molecule has 0 aliphatic heterocycles. The molecule has 0 radical (unpaired) electrons. The molecule has 0 amide bonds. The Morgan fingerprint density at radius 3 is 2.22 bits per heavy atom. The molecule has 1 rings (SSSR count). The molecule has 2 nitrogen and oxygen atoms in total. The molecule has 18 heavy (non-hydrogen) atoms. The van der Waals surface area contributed by atoms with Gasteiger partial charge in [0, 0.05) is 0 Å². The number of benzene rings is 1. The summed E-state index contributed by atoms with van der Waals surface area (Å²) in [5.41, 5.74) is 1.38. The molecule has 2 heteroatoms. The molecule has 1 aromatic rings. The summed E-state index contributed by atoms with van der Waals surface area (Å²) in [5.74, 6) is -0.685. The fourth-order valence-corrected chi connectivity index (χ4v) is 2.10. The highest BCUT2D eigenvalue weighted by Gasteiger charge is 2.38. The highest BCUT2D eigenvalue weighted by molar-refractivity contribution is 5.81. The number of aryl methyl sites for hydroxylation is 1. The van der Waals surface area contributed by atoms with Gasteiger partial charge in [-0.3, -0.25) is 4.79 Å². The Morgan fingerprint density at radius 1 is 1.28 bits per heavy atom. The van der Waals surface area contributed by atoms with Gasteiger partial charge in [-0.15, -0.1) is 0 Å². The first-order valence-electron chi connectivity index (χ1n) is 6.75. The van der Waals surface area contributed by atoms with Crippen molar-refractivity contribution in [2.45, 2.75) is 52.4 Å². The Labute approximate surface area is 110 Å². The summed E-state index contributed by atoms with van der Waals surface area (Å²) >= 11 is 0. The van der Waals surface area contributed by atoms with Crippen molar-refractivity contribution in [2.75, 3.05) is 0 Å². The molecule has 0 fully saturated rings. The minimum absolute atomic E-state index is 0.0662. The third kappa shape index (κ3) is 2.92. The minimum atomic E-state index is -0.802. The molecule has 0 saturated heterocycles. The summed E-state index contributed by atoms with van der Waals surface area (Å²) in [4.78, 5) is 11.5. The zero-order valence-corrected chi connectivity index (χ0v) is 11.9. The molecule has 1 N–H and O–H groups in total. The molecule has 0 bridgehead atoms. The first-order chi connectivity index (χ1) is 8.42. The summed E-state index contributed by atoms with van der Waals surface area (Å²) in [6.07, 6.45) is 3.43. The topological polar surface area (TPSA) is 37.3 Å². The number of carboxylic acids is 1. The van der Waals surface area contributed by atoms with Crippen LogP contribution in [0.5, 0.6) is 0 Å². The number of carbonyl (C=O) groups is 1. The van der Waals surface area contributed by atoms with E-state index in [2.05, 4.69) is 19.1 Å². The summed E-state index contributed by atoms with van der Waals surface area (Å²) in [6.45, 7) is 7.90. The van der Waals surface area contributed by atoms with E-state index in [1.165, 1.54) is 18.4 Å². The third-order valence-electron chi connectivity index (χ3n) is 3.97. The van der Waals surface area contributed by atoms with Crippen LogP contribution in [-0.4, -0.2) is 11.1 Å². The van der Waals surface area contributed by atoms with E-state index in [0.29, 0.717) is 0 Å². The maximum absolute atomic E-state index is 11.5. The van der Waals surface area contributed by atoms with Crippen LogP contribution in [-0.2, 0) is 16.6 Å². The van der Waals surface area contributed by atoms with Gasteiger partial charge in [-0.1, -0.05) is 51.5 Å². The molecular weight excluding hydrogens is 224 g/mol. The Kier molecular flexibility index (Phi) is 4.94. The van der Waals surface area contributed by atoms with E-state index in [1.54, 1.807) is 6.92 Å². The molecule has 1 unspecified atom stereocenters. The van der Waals surface area contributed by atoms with Gasteiger partial charge in [0.05, 0.1) is 5.41 Å². The number of rotatable bonds is 6. The summed E-state index contributed by atoms with van der Waals surface area (Å²) in [6, 6.07) is 8.07. The molecule has 0 heterocycles. The van der Waals surface area contributed by atoms with E-state index >= 15 is 0 Å². The number of hydrogen-bond donors (Lipinski definition) is 1. The fourth-order valence-electron chi connectivity index (χ4n) is 2.10. The lowest BCUT2D eigenvalue weighted by molar-refractivity contribution is -0.145. The van der Waals surface area contributed by atoms with Crippen LogP contribution in [0.3, 0.4) is 0 Å². The molecule has 100 valence electrons. The zero-order valence-electron chi connectivity index (χ0n) is 11.9. The molecule has 0 aliphatic rings. The lowest BCUT2D eigenvalue weighted by Crippen LogP contribution is -2.37. The van der Waals surface area contributed by atoms with Gasteiger partial charge in [-0.25, -0.2) is 0 Å². The average molecular weight is 248 g/mol. The molecule has 0 saturated carbocycles. The van der Waals surface area contributed by atoms with E-state index < -0.39 is 11.4 Å². The summed E-state index contributed by atoms with van der Waals surface area (Å²) in [5, 5.41) is 9.47. The smallest absolute Gasteiger partial charge is 0.314 e. The van der Waals surface area contributed by atoms with E-state index in [4.69, 9.17) is 0 Å². The van der Waals surface area contributed by atoms with Crippen LogP contribution in [0.4, 0.5) is 0 Å². The van der Waals surface area contributed by atoms with Crippen LogP contribution in [0.1, 0.15) is 51.7 Å². The predicted molar refractivity (Wildman–Crippen MR) is 74.9 cm³/mol. The largest absolute Gasteiger partial charge is 0.481 e. The van der Waals surface area contributed by atoms with Crippen LogP contribution < -0.4 is 0 Å². The number of carboxylic acid groups (broad SMARTS) is 1. The van der Waals surface area contributed by atoms with E-state index in [1.807, 2.05) is 26.0 Å². The Balaban J connectivity index is 2.98. The van der Waals surface area contributed by atoms with E-state index in [0.717, 1.165) is 12.0 Å². The van der Waals surface area contributed by atoms with Crippen molar-refractivity contribution < 1.29 is 9.90 Å². The third-order valence-corrected chi connectivity index (χ3v) is 3.97. The lowest BCUT2D eigenvalue weighted by Gasteiger charge is -2.29. The molecule has 0 aliphatic carbocycles. The fraction of sp³-hybridized carbons (Fsp3) is 0.562. The molecule has 1 aromatic carbocycles. The standard InChI is InChI=1S/C16H24O2/c1-5-6-7-13-8-10-14(11-9-13)16(4,12(2)3)15(17)18/h8-12H,5-7H2,1-4H3,(H,17,18). The van der Waals surface area contributed by atoms with Crippen LogP contribution in [0, 0.1) is 5.92 Å². The normalized spacial score (nSPS) is 14.5. The van der Waals surface area contributed by atoms with Crippen molar-refractivity contribution in [2.24, 2.45) is 5.92 Å².